The van der Waals surface area contributed by atoms with Crippen LogP contribution in [0.1, 0.15) is 29.8 Å². The van der Waals surface area contributed by atoms with Crippen molar-refractivity contribution in [2.75, 3.05) is 7.11 Å². The highest BCUT2D eigenvalue weighted by Gasteiger charge is 2.34. The molecule has 1 N–H and O–H groups in total. The Morgan fingerprint density at radius 1 is 1.52 bits per heavy atom. The number of rotatable bonds is 4. The first kappa shape index (κ1) is 16.9. The maximum absolute atomic E-state index is 12.0. The lowest BCUT2D eigenvalue weighted by molar-refractivity contribution is -0.386. The van der Waals surface area contributed by atoms with E-state index < -0.39 is 22.4 Å². The summed E-state index contributed by atoms with van der Waals surface area (Å²) in [4.78, 5) is 23.5. The molecule has 0 saturated carbocycles. The van der Waals surface area contributed by atoms with E-state index in [1.54, 1.807) is 0 Å². The molecule has 1 aliphatic heterocycles. The van der Waals surface area contributed by atoms with Gasteiger partial charge in [0.25, 0.3) is 0 Å². The van der Waals surface area contributed by atoms with Crippen molar-refractivity contribution in [3.8, 4) is 11.5 Å². The number of phenolic OH excluding ortho intramolecular Hbond substituents is 1. The van der Waals surface area contributed by atoms with Crippen LogP contribution in [0.3, 0.4) is 0 Å². The van der Waals surface area contributed by atoms with Gasteiger partial charge in [0, 0.05) is 19.4 Å². The van der Waals surface area contributed by atoms with E-state index in [1.165, 1.54) is 42.5 Å². The Bertz CT molecular complexity index is 863. The SMILES string of the molecule is COc1cc([C@H]2CC(c3cccs3)=NN2C(C)=O)cc([N+](=O)[O-])c1O. The number of nitro groups is 1. The molecule has 0 spiro atoms. The number of benzene rings is 1. The van der Waals surface area contributed by atoms with Gasteiger partial charge in [0.2, 0.25) is 11.7 Å². The number of ether oxygens (including phenoxy) is 1. The summed E-state index contributed by atoms with van der Waals surface area (Å²) >= 11 is 1.51. The molecule has 25 heavy (non-hydrogen) atoms. The Morgan fingerprint density at radius 2 is 2.28 bits per heavy atom. The van der Waals surface area contributed by atoms with Gasteiger partial charge >= 0.3 is 5.69 Å². The number of amides is 1. The first-order valence-corrected chi connectivity index (χ1v) is 8.26. The predicted molar refractivity (Wildman–Crippen MR) is 92.0 cm³/mol. The maximum atomic E-state index is 12.0. The van der Waals surface area contributed by atoms with Gasteiger partial charge in [-0.1, -0.05) is 6.07 Å². The molecule has 1 atom stereocenters. The molecule has 9 heteroatoms. The Morgan fingerprint density at radius 3 is 2.84 bits per heavy atom. The summed E-state index contributed by atoms with van der Waals surface area (Å²) in [5, 5.41) is 28.7. The van der Waals surface area contributed by atoms with Gasteiger partial charge in [0.15, 0.2) is 5.75 Å². The topological polar surface area (TPSA) is 105 Å². The molecule has 0 bridgehead atoms. The largest absolute Gasteiger partial charge is 0.500 e. The fraction of sp³-hybridized carbons (Fsp3) is 0.250. The minimum absolute atomic E-state index is 0.0164. The van der Waals surface area contributed by atoms with Gasteiger partial charge in [-0.2, -0.15) is 5.10 Å². The van der Waals surface area contributed by atoms with Crippen LogP contribution in [0.25, 0.3) is 0 Å². The Balaban J connectivity index is 2.05. The highest BCUT2D eigenvalue weighted by Crippen LogP contribution is 2.42. The molecule has 2 aromatic rings. The molecule has 0 unspecified atom stereocenters. The molecule has 0 saturated heterocycles. The number of phenols is 1. The van der Waals surface area contributed by atoms with Crippen LogP contribution in [0.2, 0.25) is 0 Å². The summed E-state index contributed by atoms with van der Waals surface area (Å²) in [6, 6.07) is 6.05. The highest BCUT2D eigenvalue weighted by atomic mass is 32.1. The van der Waals surface area contributed by atoms with Crippen molar-refractivity contribution < 1.29 is 19.6 Å². The third kappa shape index (κ3) is 3.05. The standard InChI is InChI=1S/C16H15N3O5S/c1-9(20)18-12(8-11(17-18)15-4-3-5-25-15)10-6-13(19(22)23)16(21)14(7-10)24-2/h3-7,12,21H,8H2,1-2H3/t12-/m1/s1. The monoisotopic (exact) mass is 361 g/mol. The van der Waals surface area contributed by atoms with Crippen molar-refractivity contribution in [1.82, 2.24) is 5.01 Å². The average Bonchev–Trinajstić information content (AvgIpc) is 3.24. The van der Waals surface area contributed by atoms with Crippen molar-refractivity contribution in [2.24, 2.45) is 5.10 Å². The predicted octanol–water partition coefficient (Wildman–Crippen LogP) is 3.07. The summed E-state index contributed by atoms with van der Waals surface area (Å²) in [6.07, 6.45) is 0.422. The van der Waals surface area contributed by atoms with Gasteiger partial charge in [-0.15, -0.1) is 11.3 Å². The van der Waals surface area contributed by atoms with Crippen LogP contribution in [-0.2, 0) is 4.79 Å². The van der Waals surface area contributed by atoms with Crippen LogP contribution in [0.15, 0.2) is 34.7 Å². The zero-order valence-electron chi connectivity index (χ0n) is 13.5. The van der Waals surface area contributed by atoms with E-state index in [2.05, 4.69) is 5.10 Å². The lowest BCUT2D eigenvalue weighted by atomic mass is 9.99. The second-order valence-electron chi connectivity index (χ2n) is 5.46. The minimum Gasteiger partial charge on any atom is -0.500 e. The van der Waals surface area contributed by atoms with E-state index in [0.717, 1.165) is 10.6 Å². The number of nitrogens with zero attached hydrogens (tertiary/aromatic N) is 3. The smallest absolute Gasteiger partial charge is 0.315 e. The van der Waals surface area contributed by atoms with Crippen LogP contribution in [0, 0.1) is 10.1 Å². The molecule has 0 aliphatic carbocycles. The van der Waals surface area contributed by atoms with E-state index in [4.69, 9.17) is 4.74 Å². The maximum Gasteiger partial charge on any atom is 0.315 e. The van der Waals surface area contributed by atoms with Crippen molar-refractivity contribution in [3.05, 3.63) is 50.2 Å². The zero-order chi connectivity index (χ0) is 18.1. The number of carbonyl (C=O) groups excluding carboxylic acids is 1. The Kier molecular flexibility index (Phi) is 4.41. The highest BCUT2D eigenvalue weighted by molar-refractivity contribution is 7.12. The quantitative estimate of drug-likeness (QED) is 0.665. The van der Waals surface area contributed by atoms with Gasteiger partial charge in [-0.3, -0.25) is 14.9 Å². The van der Waals surface area contributed by atoms with Crippen molar-refractivity contribution in [3.63, 3.8) is 0 Å². The molecular weight excluding hydrogens is 346 g/mol. The number of thiophene rings is 1. The molecule has 2 heterocycles. The van der Waals surface area contributed by atoms with Crippen LogP contribution >= 0.6 is 11.3 Å². The third-order valence-corrected chi connectivity index (χ3v) is 4.84. The number of methoxy groups -OCH3 is 1. The van der Waals surface area contributed by atoms with Gasteiger partial charge < -0.3 is 9.84 Å². The van der Waals surface area contributed by atoms with E-state index in [-0.39, 0.29) is 11.7 Å². The van der Waals surface area contributed by atoms with Crippen molar-refractivity contribution >= 4 is 28.6 Å². The van der Waals surface area contributed by atoms with E-state index in [0.29, 0.717) is 12.0 Å². The summed E-state index contributed by atoms with van der Waals surface area (Å²) in [5.74, 6) is -0.827. The molecule has 3 rings (SSSR count). The first-order chi connectivity index (χ1) is 11.9. The summed E-state index contributed by atoms with van der Waals surface area (Å²) < 4.78 is 5.04. The van der Waals surface area contributed by atoms with Gasteiger partial charge in [0.05, 0.1) is 28.7 Å². The molecule has 1 amide bonds. The minimum atomic E-state index is -0.685. The van der Waals surface area contributed by atoms with Crippen LogP contribution in [0.4, 0.5) is 5.69 Å². The molecular formula is C16H15N3O5S. The van der Waals surface area contributed by atoms with Crippen LogP contribution in [0.5, 0.6) is 11.5 Å². The summed E-state index contributed by atoms with van der Waals surface area (Å²) in [6.45, 7) is 1.39. The number of hydrogen-bond acceptors (Lipinski definition) is 7. The second kappa shape index (κ2) is 6.52. The molecule has 1 aliphatic rings. The third-order valence-electron chi connectivity index (χ3n) is 3.92. The van der Waals surface area contributed by atoms with Gasteiger partial charge in [-0.05, 0) is 23.1 Å². The number of aromatic hydroxyl groups is 1. The molecule has 1 aromatic heterocycles. The molecule has 0 fully saturated rings. The second-order valence-corrected chi connectivity index (χ2v) is 6.40. The number of nitro benzene ring substituents is 1. The lowest BCUT2D eigenvalue weighted by Gasteiger charge is -2.21. The molecule has 1 aromatic carbocycles. The molecule has 130 valence electrons. The van der Waals surface area contributed by atoms with E-state index in [9.17, 15) is 20.0 Å². The van der Waals surface area contributed by atoms with E-state index >= 15 is 0 Å². The summed E-state index contributed by atoms with van der Waals surface area (Å²) in [5.41, 5.74) is 0.749. The average molecular weight is 361 g/mol. The van der Waals surface area contributed by atoms with Crippen LogP contribution in [-0.4, -0.2) is 33.8 Å². The molecule has 0 radical (unpaired) electrons. The lowest BCUT2D eigenvalue weighted by Crippen LogP contribution is -2.24. The fourth-order valence-electron chi connectivity index (χ4n) is 2.75. The summed E-state index contributed by atoms with van der Waals surface area (Å²) in [7, 11) is 1.31. The van der Waals surface area contributed by atoms with Crippen LogP contribution < -0.4 is 4.74 Å². The van der Waals surface area contributed by atoms with Crippen molar-refractivity contribution in [2.45, 2.75) is 19.4 Å². The molecule has 8 nitrogen and oxygen atoms in total. The first-order valence-electron chi connectivity index (χ1n) is 7.38. The Hall–Kier alpha value is -2.94. The number of hydrazone groups is 1. The van der Waals surface area contributed by atoms with Gasteiger partial charge in [-0.25, -0.2) is 5.01 Å². The zero-order valence-corrected chi connectivity index (χ0v) is 14.3. The normalized spacial score (nSPS) is 16.6. The fourth-order valence-corrected chi connectivity index (χ4v) is 3.47. The van der Waals surface area contributed by atoms with Gasteiger partial charge in [0.1, 0.15) is 0 Å². The van der Waals surface area contributed by atoms with Crippen molar-refractivity contribution in [1.29, 1.82) is 0 Å². The number of hydrogen-bond donors (Lipinski definition) is 1. The number of carbonyl (C=O) groups is 1. The van der Waals surface area contributed by atoms with E-state index in [1.807, 2.05) is 17.5 Å². The Labute approximate surface area is 147 Å².